The molecule has 0 radical (unpaired) electrons. The molecule has 1 aromatic carbocycles. The van der Waals surface area contributed by atoms with Gasteiger partial charge in [-0.3, -0.25) is 4.79 Å². The Kier molecular flexibility index (Phi) is 6.56. The number of carbonyl (C=O) groups excluding carboxylic acids is 1. The average molecular weight is 344 g/mol. The Morgan fingerprint density at radius 3 is 2.64 bits per heavy atom. The number of anilines is 2. The van der Waals surface area contributed by atoms with E-state index < -0.39 is 0 Å². The van der Waals surface area contributed by atoms with Crippen molar-refractivity contribution in [2.75, 3.05) is 31.4 Å². The van der Waals surface area contributed by atoms with E-state index in [1.807, 2.05) is 0 Å². The van der Waals surface area contributed by atoms with E-state index in [-0.39, 0.29) is 11.6 Å². The summed E-state index contributed by atoms with van der Waals surface area (Å²) >= 11 is 0. The first kappa shape index (κ1) is 18.5. The van der Waals surface area contributed by atoms with Crippen LogP contribution in [0, 0.1) is 5.92 Å². The Balaban J connectivity index is 2.10. The standard InChI is InChI=1S/C18H24N4O3/c1-12(2)7-8-19-17-10-15(20-11-21-17)18(23)22-14-9-13(24-3)5-6-16(14)25-4/h5-6,9-12H,7-8H2,1-4H3,(H,22,23)(H,19,20,21). The smallest absolute Gasteiger partial charge is 0.274 e. The lowest BCUT2D eigenvalue weighted by molar-refractivity contribution is 0.102. The molecule has 1 amide bonds. The van der Waals surface area contributed by atoms with Gasteiger partial charge in [0.05, 0.1) is 19.9 Å². The van der Waals surface area contributed by atoms with Crippen molar-refractivity contribution in [2.45, 2.75) is 20.3 Å². The molecule has 1 heterocycles. The van der Waals surface area contributed by atoms with E-state index in [4.69, 9.17) is 9.47 Å². The Hall–Kier alpha value is -2.83. The molecule has 0 bridgehead atoms. The molecule has 7 heteroatoms. The minimum atomic E-state index is -0.346. The maximum absolute atomic E-state index is 12.5. The van der Waals surface area contributed by atoms with Crippen LogP contribution in [0.15, 0.2) is 30.6 Å². The molecule has 0 unspecified atom stereocenters. The lowest BCUT2D eigenvalue weighted by Crippen LogP contribution is -2.15. The van der Waals surface area contributed by atoms with E-state index in [1.165, 1.54) is 6.33 Å². The molecule has 0 fully saturated rings. The Labute approximate surface area is 147 Å². The molecule has 2 N–H and O–H groups in total. The maximum atomic E-state index is 12.5. The summed E-state index contributed by atoms with van der Waals surface area (Å²) in [5, 5.41) is 5.99. The minimum Gasteiger partial charge on any atom is -0.497 e. The summed E-state index contributed by atoms with van der Waals surface area (Å²) in [6, 6.07) is 6.81. The highest BCUT2D eigenvalue weighted by Gasteiger charge is 2.13. The quantitative estimate of drug-likeness (QED) is 0.765. The van der Waals surface area contributed by atoms with Crippen molar-refractivity contribution in [1.82, 2.24) is 9.97 Å². The lowest BCUT2D eigenvalue weighted by atomic mass is 10.1. The molecule has 0 aliphatic rings. The molecule has 0 atom stereocenters. The number of hydrogen-bond donors (Lipinski definition) is 2. The first-order chi connectivity index (χ1) is 12.0. The molecule has 2 aromatic rings. The Morgan fingerprint density at radius 1 is 1.16 bits per heavy atom. The van der Waals surface area contributed by atoms with Crippen LogP contribution in [0.4, 0.5) is 11.5 Å². The van der Waals surface area contributed by atoms with Gasteiger partial charge >= 0.3 is 0 Å². The van der Waals surface area contributed by atoms with Crippen LogP contribution in [0.1, 0.15) is 30.8 Å². The number of nitrogens with one attached hydrogen (secondary N) is 2. The van der Waals surface area contributed by atoms with Crippen molar-refractivity contribution in [3.63, 3.8) is 0 Å². The van der Waals surface area contributed by atoms with Crippen molar-refractivity contribution in [3.05, 3.63) is 36.3 Å². The third-order valence-electron chi connectivity index (χ3n) is 3.58. The first-order valence-corrected chi connectivity index (χ1v) is 8.12. The molecule has 0 saturated carbocycles. The highest BCUT2D eigenvalue weighted by atomic mass is 16.5. The minimum absolute atomic E-state index is 0.270. The van der Waals surface area contributed by atoms with Crippen LogP contribution < -0.4 is 20.1 Å². The number of hydrogen-bond acceptors (Lipinski definition) is 6. The number of nitrogens with zero attached hydrogens (tertiary/aromatic N) is 2. The fraction of sp³-hybridized carbons (Fsp3) is 0.389. The van der Waals surface area contributed by atoms with Crippen LogP contribution in [0.3, 0.4) is 0 Å². The van der Waals surface area contributed by atoms with Gasteiger partial charge in [-0.2, -0.15) is 0 Å². The van der Waals surface area contributed by atoms with Crippen LogP contribution in [-0.2, 0) is 0 Å². The fourth-order valence-corrected chi connectivity index (χ4v) is 2.17. The molecule has 1 aromatic heterocycles. The summed E-state index contributed by atoms with van der Waals surface area (Å²) in [6.07, 6.45) is 2.39. The fourth-order valence-electron chi connectivity index (χ4n) is 2.17. The van der Waals surface area contributed by atoms with Gasteiger partial charge in [-0.05, 0) is 24.5 Å². The van der Waals surface area contributed by atoms with Crippen molar-refractivity contribution in [1.29, 1.82) is 0 Å². The van der Waals surface area contributed by atoms with Gasteiger partial charge in [0.1, 0.15) is 29.3 Å². The third kappa shape index (κ3) is 5.34. The van der Waals surface area contributed by atoms with E-state index in [9.17, 15) is 4.79 Å². The van der Waals surface area contributed by atoms with Gasteiger partial charge in [-0.1, -0.05) is 13.8 Å². The summed E-state index contributed by atoms with van der Waals surface area (Å²) in [5.41, 5.74) is 0.784. The number of carbonyl (C=O) groups is 1. The van der Waals surface area contributed by atoms with Gasteiger partial charge in [0.25, 0.3) is 5.91 Å². The molecule has 134 valence electrons. The van der Waals surface area contributed by atoms with Crippen LogP contribution in [0.2, 0.25) is 0 Å². The average Bonchev–Trinajstić information content (AvgIpc) is 2.61. The zero-order chi connectivity index (χ0) is 18.2. The second kappa shape index (κ2) is 8.86. The first-order valence-electron chi connectivity index (χ1n) is 8.12. The van der Waals surface area contributed by atoms with Crippen molar-refractivity contribution in [3.8, 4) is 11.5 Å². The SMILES string of the molecule is COc1ccc(OC)c(NC(=O)c2cc(NCCC(C)C)ncn2)c1. The molecule has 25 heavy (non-hydrogen) atoms. The second-order valence-electron chi connectivity index (χ2n) is 5.92. The van der Waals surface area contributed by atoms with Gasteiger partial charge in [0.2, 0.25) is 0 Å². The number of rotatable bonds is 8. The molecule has 0 saturated heterocycles. The van der Waals surface area contributed by atoms with E-state index >= 15 is 0 Å². The zero-order valence-electron chi connectivity index (χ0n) is 15.0. The Bertz CT molecular complexity index is 719. The molecular weight excluding hydrogens is 320 g/mol. The summed E-state index contributed by atoms with van der Waals surface area (Å²) < 4.78 is 10.4. The van der Waals surface area contributed by atoms with Crippen molar-refractivity contribution in [2.24, 2.45) is 5.92 Å². The normalized spacial score (nSPS) is 10.4. The summed E-state index contributed by atoms with van der Waals surface area (Å²) in [4.78, 5) is 20.7. The van der Waals surface area contributed by atoms with Crippen LogP contribution in [-0.4, -0.2) is 36.6 Å². The third-order valence-corrected chi connectivity index (χ3v) is 3.58. The number of benzene rings is 1. The van der Waals surface area contributed by atoms with Gasteiger partial charge in [-0.25, -0.2) is 9.97 Å². The topological polar surface area (TPSA) is 85.4 Å². The van der Waals surface area contributed by atoms with E-state index in [0.717, 1.165) is 13.0 Å². The number of aromatic nitrogens is 2. The van der Waals surface area contributed by atoms with Gasteiger partial charge < -0.3 is 20.1 Å². The highest BCUT2D eigenvalue weighted by Crippen LogP contribution is 2.29. The van der Waals surface area contributed by atoms with Gasteiger partial charge in [0, 0.05) is 18.7 Å². The van der Waals surface area contributed by atoms with Crippen LogP contribution in [0.25, 0.3) is 0 Å². The van der Waals surface area contributed by atoms with Crippen molar-refractivity contribution < 1.29 is 14.3 Å². The van der Waals surface area contributed by atoms with E-state index in [0.29, 0.717) is 28.9 Å². The highest BCUT2D eigenvalue weighted by molar-refractivity contribution is 6.04. The van der Waals surface area contributed by atoms with Gasteiger partial charge in [-0.15, -0.1) is 0 Å². The van der Waals surface area contributed by atoms with Crippen LogP contribution in [0.5, 0.6) is 11.5 Å². The Morgan fingerprint density at radius 2 is 1.96 bits per heavy atom. The van der Waals surface area contributed by atoms with E-state index in [1.54, 1.807) is 38.5 Å². The molecule has 0 aliphatic heterocycles. The summed E-state index contributed by atoms with van der Waals surface area (Å²) in [5.74, 6) is 2.03. The number of methoxy groups -OCH3 is 2. The largest absolute Gasteiger partial charge is 0.497 e. The molecule has 2 rings (SSSR count). The zero-order valence-corrected chi connectivity index (χ0v) is 15.0. The van der Waals surface area contributed by atoms with E-state index in [2.05, 4.69) is 34.4 Å². The molecule has 0 spiro atoms. The predicted octanol–water partition coefficient (Wildman–Crippen LogP) is 3.20. The summed E-state index contributed by atoms with van der Waals surface area (Å²) in [6.45, 7) is 5.10. The molecular formula is C18H24N4O3. The monoisotopic (exact) mass is 344 g/mol. The number of amides is 1. The maximum Gasteiger partial charge on any atom is 0.274 e. The lowest BCUT2D eigenvalue weighted by Gasteiger charge is -2.12. The predicted molar refractivity (Wildman–Crippen MR) is 97.5 cm³/mol. The second-order valence-corrected chi connectivity index (χ2v) is 5.92. The number of ether oxygens (including phenoxy) is 2. The van der Waals surface area contributed by atoms with Crippen LogP contribution >= 0.6 is 0 Å². The summed E-state index contributed by atoms with van der Waals surface area (Å²) in [7, 11) is 3.10. The molecule has 0 aliphatic carbocycles. The molecule has 7 nitrogen and oxygen atoms in total. The van der Waals surface area contributed by atoms with Crippen molar-refractivity contribution >= 4 is 17.4 Å². The van der Waals surface area contributed by atoms with Gasteiger partial charge in [0.15, 0.2) is 0 Å².